The Balaban J connectivity index is 2.57. The molecule has 2 heterocycles. The molecule has 0 aliphatic carbocycles. The molecule has 1 aromatic carbocycles. The minimum absolute atomic E-state index is 0.315. The minimum atomic E-state index is -0.914. The number of hydrogen-bond acceptors (Lipinski definition) is 2. The van der Waals surface area contributed by atoms with Gasteiger partial charge in [0.2, 0.25) is 0 Å². The summed E-state index contributed by atoms with van der Waals surface area (Å²) in [6.07, 6.45) is 3.36. The number of carbonyl (C=O) groups is 1. The van der Waals surface area contributed by atoms with Crippen LogP contribution in [0.15, 0.2) is 36.7 Å². The fourth-order valence-electron chi connectivity index (χ4n) is 1.98. The number of aromatic nitrogens is 2. The molecule has 3 aromatic rings. The van der Waals surface area contributed by atoms with Crippen molar-refractivity contribution in [3.05, 3.63) is 42.2 Å². The summed E-state index contributed by atoms with van der Waals surface area (Å²) in [5.41, 5.74) is 1.99. The van der Waals surface area contributed by atoms with Gasteiger partial charge < -0.3 is 10.1 Å². The van der Waals surface area contributed by atoms with Gasteiger partial charge in [0.15, 0.2) is 0 Å². The van der Waals surface area contributed by atoms with Crippen molar-refractivity contribution in [3.8, 4) is 0 Å². The van der Waals surface area contributed by atoms with Gasteiger partial charge in [0.25, 0.3) is 0 Å². The number of aromatic carboxylic acids is 1. The van der Waals surface area contributed by atoms with E-state index in [-0.39, 0.29) is 0 Å². The molecular formula is C12H8N2O2. The molecule has 0 aliphatic rings. The maximum atomic E-state index is 11.1. The third kappa shape index (κ3) is 1.10. The highest BCUT2D eigenvalue weighted by atomic mass is 16.4. The van der Waals surface area contributed by atoms with Crippen LogP contribution in [0.5, 0.6) is 0 Å². The van der Waals surface area contributed by atoms with Crippen molar-refractivity contribution in [3.63, 3.8) is 0 Å². The molecule has 0 unspecified atom stereocenters. The fraction of sp³-hybridized carbons (Fsp3) is 0. The molecule has 0 fully saturated rings. The highest BCUT2D eigenvalue weighted by Crippen LogP contribution is 2.27. The quantitative estimate of drug-likeness (QED) is 0.651. The molecule has 2 aromatic heterocycles. The van der Waals surface area contributed by atoms with E-state index < -0.39 is 5.97 Å². The van der Waals surface area contributed by atoms with Gasteiger partial charge in [-0.1, -0.05) is 6.07 Å². The first-order valence-electron chi connectivity index (χ1n) is 4.85. The molecule has 78 valence electrons. The Labute approximate surface area is 90.5 Å². The standard InChI is InChI=1S/C12H8N2O2/c15-12(16)8-2-1-3-9-11(8)7-4-5-13-6-10(7)14-9/h1-6,14H,(H,15,16). The number of pyridine rings is 1. The van der Waals surface area contributed by atoms with Gasteiger partial charge in [-0.25, -0.2) is 4.79 Å². The largest absolute Gasteiger partial charge is 0.478 e. The molecule has 2 N–H and O–H groups in total. The average Bonchev–Trinajstić information content (AvgIpc) is 2.66. The molecule has 0 spiro atoms. The van der Waals surface area contributed by atoms with Crippen molar-refractivity contribution < 1.29 is 9.90 Å². The zero-order valence-electron chi connectivity index (χ0n) is 8.27. The monoisotopic (exact) mass is 212 g/mol. The molecule has 0 atom stereocenters. The van der Waals surface area contributed by atoms with Gasteiger partial charge in [-0.05, 0) is 18.2 Å². The summed E-state index contributed by atoms with van der Waals surface area (Å²) in [5, 5.41) is 10.8. The predicted molar refractivity (Wildman–Crippen MR) is 60.6 cm³/mol. The van der Waals surface area contributed by atoms with Crippen LogP contribution in [0, 0.1) is 0 Å². The van der Waals surface area contributed by atoms with Crippen LogP contribution in [0.1, 0.15) is 10.4 Å². The number of carboxylic acids is 1. The summed E-state index contributed by atoms with van der Waals surface area (Å²) in [7, 11) is 0. The van der Waals surface area contributed by atoms with Crippen LogP contribution in [-0.4, -0.2) is 21.0 Å². The second-order valence-corrected chi connectivity index (χ2v) is 3.58. The molecule has 4 heteroatoms. The van der Waals surface area contributed by atoms with Crippen molar-refractivity contribution in [1.29, 1.82) is 0 Å². The highest BCUT2D eigenvalue weighted by molar-refractivity contribution is 6.15. The van der Waals surface area contributed by atoms with E-state index in [1.165, 1.54) is 0 Å². The number of nitrogens with zero attached hydrogens (tertiary/aromatic N) is 1. The lowest BCUT2D eigenvalue weighted by Gasteiger charge is -1.97. The number of fused-ring (bicyclic) bond motifs is 3. The Morgan fingerprint density at radius 3 is 2.94 bits per heavy atom. The van der Waals surface area contributed by atoms with Gasteiger partial charge in [0.1, 0.15) is 0 Å². The Hall–Kier alpha value is -2.36. The van der Waals surface area contributed by atoms with Crippen LogP contribution >= 0.6 is 0 Å². The third-order valence-electron chi connectivity index (χ3n) is 2.65. The second kappa shape index (κ2) is 3.06. The van der Waals surface area contributed by atoms with Crippen molar-refractivity contribution >= 4 is 27.8 Å². The predicted octanol–water partition coefficient (Wildman–Crippen LogP) is 2.41. The number of rotatable bonds is 1. The van der Waals surface area contributed by atoms with E-state index in [4.69, 9.17) is 5.11 Å². The molecule has 3 rings (SSSR count). The molecule has 0 amide bonds. The third-order valence-corrected chi connectivity index (χ3v) is 2.65. The first kappa shape index (κ1) is 8.91. The lowest BCUT2D eigenvalue weighted by Crippen LogP contribution is -1.96. The number of aromatic amines is 1. The Morgan fingerprint density at radius 2 is 2.12 bits per heavy atom. The van der Waals surface area contributed by atoms with Crippen molar-refractivity contribution in [2.75, 3.05) is 0 Å². The van der Waals surface area contributed by atoms with E-state index in [1.54, 1.807) is 24.5 Å². The lowest BCUT2D eigenvalue weighted by molar-refractivity contribution is 0.0699. The molecule has 4 nitrogen and oxygen atoms in total. The number of benzene rings is 1. The summed E-state index contributed by atoms with van der Waals surface area (Å²) in [4.78, 5) is 18.3. The maximum absolute atomic E-state index is 11.1. The normalized spacial score (nSPS) is 11.0. The number of H-pyrrole nitrogens is 1. The maximum Gasteiger partial charge on any atom is 0.336 e. The van der Waals surface area contributed by atoms with Crippen LogP contribution in [0.4, 0.5) is 0 Å². The van der Waals surface area contributed by atoms with Crippen LogP contribution in [0.25, 0.3) is 21.8 Å². The fourth-order valence-corrected chi connectivity index (χ4v) is 1.98. The molecule has 16 heavy (non-hydrogen) atoms. The van der Waals surface area contributed by atoms with Crippen molar-refractivity contribution in [2.24, 2.45) is 0 Å². The Morgan fingerprint density at radius 1 is 1.25 bits per heavy atom. The van der Waals surface area contributed by atoms with Crippen molar-refractivity contribution in [1.82, 2.24) is 9.97 Å². The van der Waals surface area contributed by atoms with Gasteiger partial charge >= 0.3 is 5.97 Å². The molecular weight excluding hydrogens is 204 g/mol. The Kier molecular flexibility index (Phi) is 1.71. The van der Waals surface area contributed by atoms with E-state index in [0.717, 1.165) is 21.8 Å². The first-order chi connectivity index (χ1) is 7.77. The molecule has 0 aliphatic heterocycles. The average molecular weight is 212 g/mol. The second-order valence-electron chi connectivity index (χ2n) is 3.58. The van der Waals surface area contributed by atoms with Gasteiger partial charge in [-0.3, -0.25) is 4.98 Å². The zero-order valence-corrected chi connectivity index (χ0v) is 8.27. The van der Waals surface area contributed by atoms with Gasteiger partial charge in [0.05, 0.1) is 17.3 Å². The SMILES string of the molecule is O=C(O)c1cccc2[nH]c3cnccc3c12. The van der Waals surface area contributed by atoms with E-state index in [1.807, 2.05) is 12.1 Å². The molecule has 0 saturated carbocycles. The first-order valence-corrected chi connectivity index (χ1v) is 4.85. The lowest BCUT2D eigenvalue weighted by atomic mass is 10.1. The van der Waals surface area contributed by atoms with Crippen LogP contribution < -0.4 is 0 Å². The topological polar surface area (TPSA) is 66.0 Å². The zero-order chi connectivity index (χ0) is 11.1. The van der Waals surface area contributed by atoms with Crippen LogP contribution in [0.3, 0.4) is 0 Å². The number of carboxylic acid groups (broad SMARTS) is 1. The van der Waals surface area contributed by atoms with E-state index in [0.29, 0.717) is 5.56 Å². The van der Waals surface area contributed by atoms with E-state index in [2.05, 4.69) is 9.97 Å². The number of hydrogen-bond donors (Lipinski definition) is 2. The van der Waals surface area contributed by atoms with E-state index >= 15 is 0 Å². The summed E-state index contributed by atoms with van der Waals surface area (Å²) >= 11 is 0. The van der Waals surface area contributed by atoms with Crippen LogP contribution in [-0.2, 0) is 0 Å². The molecule has 0 radical (unpaired) electrons. The van der Waals surface area contributed by atoms with Crippen molar-refractivity contribution in [2.45, 2.75) is 0 Å². The van der Waals surface area contributed by atoms with Crippen LogP contribution in [0.2, 0.25) is 0 Å². The Bertz CT molecular complexity index is 700. The summed E-state index contributed by atoms with van der Waals surface area (Å²) in [6, 6.07) is 7.02. The number of nitrogens with one attached hydrogen (secondary N) is 1. The van der Waals surface area contributed by atoms with Gasteiger partial charge in [0, 0.05) is 22.5 Å². The smallest absolute Gasteiger partial charge is 0.336 e. The van der Waals surface area contributed by atoms with Gasteiger partial charge in [-0.2, -0.15) is 0 Å². The highest BCUT2D eigenvalue weighted by Gasteiger charge is 2.12. The summed E-state index contributed by atoms with van der Waals surface area (Å²) < 4.78 is 0. The van der Waals surface area contributed by atoms with Gasteiger partial charge in [-0.15, -0.1) is 0 Å². The van der Waals surface area contributed by atoms with E-state index in [9.17, 15) is 4.79 Å². The minimum Gasteiger partial charge on any atom is -0.478 e. The molecule has 0 bridgehead atoms. The summed E-state index contributed by atoms with van der Waals surface area (Å²) in [5.74, 6) is -0.914. The summed E-state index contributed by atoms with van der Waals surface area (Å²) in [6.45, 7) is 0. The molecule has 0 saturated heterocycles.